The van der Waals surface area contributed by atoms with Crippen LogP contribution in [0.15, 0.2) is 71.6 Å². The maximum Gasteiger partial charge on any atom is 0.271 e. The second-order valence-corrected chi connectivity index (χ2v) is 10.1. The number of hydrogen-bond acceptors (Lipinski definition) is 7. The van der Waals surface area contributed by atoms with Crippen LogP contribution in [0.25, 0.3) is 0 Å². The van der Waals surface area contributed by atoms with Crippen molar-refractivity contribution in [1.82, 2.24) is 4.90 Å². The minimum absolute atomic E-state index is 0.0667. The zero-order chi connectivity index (χ0) is 25.8. The van der Waals surface area contributed by atoms with E-state index in [9.17, 15) is 14.9 Å². The molecule has 0 saturated heterocycles. The van der Waals surface area contributed by atoms with Crippen molar-refractivity contribution in [2.75, 3.05) is 39.2 Å². The topological polar surface area (TPSA) is 85.2 Å². The summed E-state index contributed by atoms with van der Waals surface area (Å²) in [6.45, 7) is 1.12. The van der Waals surface area contributed by atoms with Crippen LogP contribution in [-0.2, 0) is 4.79 Å². The van der Waals surface area contributed by atoms with E-state index in [-0.39, 0.29) is 22.4 Å². The highest BCUT2D eigenvalue weighted by Crippen LogP contribution is 2.47. The number of rotatable bonds is 8. The fourth-order valence-electron chi connectivity index (χ4n) is 3.90. The number of halogens is 1. The Kier molecular flexibility index (Phi) is 8.03. The molecule has 3 aromatic rings. The van der Waals surface area contributed by atoms with Crippen LogP contribution in [0.5, 0.6) is 11.5 Å². The molecule has 0 aliphatic carbocycles. The molecule has 0 fully saturated rings. The van der Waals surface area contributed by atoms with E-state index in [1.165, 1.54) is 30.0 Å². The molecule has 3 aromatic carbocycles. The van der Waals surface area contributed by atoms with E-state index in [4.69, 9.17) is 21.1 Å². The predicted molar refractivity (Wildman–Crippen MR) is 141 cm³/mol. The molecule has 4 rings (SSSR count). The van der Waals surface area contributed by atoms with E-state index in [2.05, 4.69) is 0 Å². The molecule has 1 heterocycles. The average Bonchev–Trinajstić information content (AvgIpc) is 2.98. The molecule has 2 atom stereocenters. The molecule has 2 unspecified atom stereocenters. The summed E-state index contributed by atoms with van der Waals surface area (Å²) in [5.41, 5.74) is 1.54. The lowest BCUT2D eigenvalue weighted by atomic mass is 10.1. The first-order valence-electron chi connectivity index (χ1n) is 11.2. The minimum Gasteiger partial charge on any atom is -0.497 e. The number of methoxy groups -OCH3 is 1. The fraction of sp³-hybridized carbons (Fsp3) is 0.269. The molecule has 0 bridgehead atoms. The molecule has 0 N–H and O–H groups in total. The number of fused-ring (bicyclic) bond motifs is 1. The molecule has 36 heavy (non-hydrogen) atoms. The number of non-ortho nitro benzene ring substituents is 1. The Labute approximate surface area is 218 Å². The van der Waals surface area contributed by atoms with Gasteiger partial charge in [0.25, 0.3) is 11.6 Å². The number of nitro benzene ring substituents is 1. The van der Waals surface area contributed by atoms with Crippen molar-refractivity contribution in [2.45, 2.75) is 16.2 Å². The summed E-state index contributed by atoms with van der Waals surface area (Å²) in [6.07, 6.45) is -0.947. The fourth-order valence-corrected chi connectivity index (χ4v) is 5.43. The van der Waals surface area contributed by atoms with Crippen molar-refractivity contribution in [3.63, 3.8) is 0 Å². The van der Waals surface area contributed by atoms with Gasteiger partial charge in [-0.25, -0.2) is 0 Å². The summed E-state index contributed by atoms with van der Waals surface area (Å²) >= 11 is 7.89. The van der Waals surface area contributed by atoms with Gasteiger partial charge in [0.05, 0.1) is 28.0 Å². The number of likely N-dealkylation sites (N-methyl/N-ethyl adjacent to an activating group) is 1. The van der Waals surface area contributed by atoms with E-state index in [1.54, 1.807) is 12.0 Å². The van der Waals surface area contributed by atoms with Crippen LogP contribution < -0.4 is 14.4 Å². The highest BCUT2D eigenvalue weighted by molar-refractivity contribution is 7.99. The standard InChI is InChI=1S/C26H26ClN3O5S/c1-28(2)14-15-29-21-6-4-5-7-23(21)36-25(17-8-11-19(34-3)12-9-17)24(26(29)31)35-22-13-10-18(30(32)33)16-20(22)27/h4-13,16,24-25H,14-15H2,1-3H3. The Hall–Kier alpha value is -3.27. The van der Waals surface area contributed by atoms with Crippen molar-refractivity contribution in [2.24, 2.45) is 0 Å². The van der Waals surface area contributed by atoms with Crippen LogP contribution in [0.4, 0.5) is 11.4 Å². The molecule has 1 aliphatic rings. The Morgan fingerprint density at radius 2 is 1.83 bits per heavy atom. The van der Waals surface area contributed by atoms with Crippen LogP contribution in [0.1, 0.15) is 10.8 Å². The van der Waals surface area contributed by atoms with E-state index in [1.807, 2.05) is 67.5 Å². The van der Waals surface area contributed by atoms with Crippen LogP contribution >= 0.6 is 23.4 Å². The van der Waals surface area contributed by atoms with Gasteiger partial charge in [-0.1, -0.05) is 35.9 Å². The van der Waals surface area contributed by atoms with Gasteiger partial charge in [0.15, 0.2) is 6.10 Å². The second kappa shape index (κ2) is 11.2. The van der Waals surface area contributed by atoms with E-state index < -0.39 is 16.3 Å². The van der Waals surface area contributed by atoms with Crippen molar-refractivity contribution in [3.05, 3.63) is 87.4 Å². The lowest BCUT2D eigenvalue weighted by Crippen LogP contribution is -2.46. The van der Waals surface area contributed by atoms with Gasteiger partial charge in [0.2, 0.25) is 0 Å². The summed E-state index contributed by atoms with van der Waals surface area (Å²) in [7, 11) is 5.50. The maximum atomic E-state index is 14.1. The van der Waals surface area contributed by atoms with Gasteiger partial charge in [0.1, 0.15) is 11.5 Å². The van der Waals surface area contributed by atoms with Gasteiger partial charge < -0.3 is 19.3 Å². The monoisotopic (exact) mass is 527 g/mol. The molecule has 8 nitrogen and oxygen atoms in total. The predicted octanol–water partition coefficient (Wildman–Crippen LogP) is 5.45. The molecule has 0 aromatic heterocycles. The number of amides is 1. The molecule has 0 saturated carbocycles. The number of benzene rings is 3. The SMILES string of the molecule is COc1ccc(C2Sc3ccccc3N(CCN(C)C)C(=O)C2Oc2ccc([N+](=O)[O-])cc2Cl)cc1. The highest BCUT2D eigenvalue weighted by atomic mass is 35.5. The molecule has 1 amide bonds. The lowest BCUT2D eigenvalue weighted by molar-refractivity contribution is -0.384. The Morgan fingerprint density at radius 1 is 1.11 bits per heavy atom. The van der Waals surface area contributed by atoms with Gasteiger partial charge in [-0.05, 0) is 50.0 Å². The molecular weight excluding hydrogens is 502 g/mol. The third-order valence-corrected chi connectivity index (χ3v) is 7.46. The smallest absolute Gasteiger partial charge is 0.271 e. The second-order valence-electron chi connectivity index (χ2n) is 8.48. The third-order valence-electron chi connectivity index (χ3n) is 5.79. The van der Waals surface area contributed by atoms with Gasteiger partial charge in [-0.15, -0.1) is 11.8 Å². The molecule has 10 heteroatoms. The average molecular weight is 528 g/mol. The van der Waals surface area contributed by atoms with E-state index in [0.29, 0.717) is 18.8 Å². The number of nitro groups is 1. The van der Waals surface area contributed by atoms with E-state index in [0.717, 1.165) is 16.1 Å². The molecule has 1 aliphatic heterocycles. The van der Waals surface area contributed by atoms with Gasteiger partial charge in [-0.3, -0.25) is 14.9 Å². The van der Waals surface area contributed by atoms with Crippen molar-refractivity contribution >= 4 is 40.6 Å². The first-order chi connectivity index (χ1) is 17.3. The van der Waals surface area contributed by atoms with Crippen LogP contribution in [0.3, 0.4) is 0 Å². The van der Waals surface area contributed by atoms with Gasteiger partial charge >= 0.3 is 0 Å². The summed E-state index contributed by atoms with van der Waals surface area (Å²) in [4.78, 5) is 29.5. The third kappa shape index (κ3) is 5.59. The quantitative estimate of drug-likeness (QED) is 0.284. The largest absolute Gasteiger partial charge is 0.497 e. The van der Waals surface area contributed by atoms with Gasteiger partial charge in [-0.2, -0.15) is 0 Å². The Bertz CT molecular complexity index is 1250. The Balaban J connectivity index is 1.80. The van der Waals surface area contributed by atoms with Crippen molar-refractivity contribution < 1.29 is 19.2 Å². The summed E-state index contributed by atoms with van der Waals surface area (Å²) in [6, 6.07) is 19.3. The number of carbonyl (C=O) groups is 1. The summed E-state index contributed by atoms with van der Waals surface area (Å²) < 4.78 is 11.6. The van der Waals surface area contributed by atoms with Crippen molar-refractivity contribution in [1.29, 1.82) is 0 Å². The number of thioether (sulfide) groups is 1. The van der Waals surface area contributed by atoms with Crippen LogP contribution in [0, 0.1) is 10.1 Å². The first kappa shape index (κ1) is 25.8. The zero-order valence-corrected chi connectivity index (χ0v) is 21.7. The number of carbonyl (C=O) groups excluding carboxylic acids is 1. The molecule has 0 spiro atoms. The molecule has 188 valence electrons. The molecular formula is C26H26ClN3O5S. The summed E-state index contributed by atoms with van der Waals surface area (Å²) in [5.74, 6) is 0.690. The maximum absolute atomic E-state index is 14.1. The molecule has 0 radical (unpaired) electrons. The Morgan fingerprint density at radius 3 is 2.47 bits per heavy atom. The van der Waals surface area contributed by atoms with Crippen LogP contribution in [0.2, 0.25) is 5.02 Å². The number of hydrogen-bond donors (Lipinski definition) is 0. The minimum atomic E-state index is -0.947. The van der Waals surface area contributed by atoms with Gasteiger partial charge in [0, 0.05) is 30.1 Å². The summed E-state index contributed by atoms with van der Waals surface area (Å²) in [5, 5.41) is 10.8. The number of nitrogens with zero attached hydrogens (tertiary/aromatic N) is 3. The zero-order valence-electron chi connectivity index (χ0n) is 20.1. The number of anilines is 1. The van der Waals surface area contributed by atoms with Crippen LogP contribution in [-0.4, -0.2) is 56.1 Å². The number of para-hydroxylation sites is 1. The van der Waals surface area contributed by atoms with Crippen molar-refractivity contribution in [3.8, 4) is 11.5 Å². The highest BCUT2D eigenvalue weighted by Gasteiger charge is 2.40. The lowest BCUT2D eigenvalue weighted by Gasteiger charge is -2.29. The first-order valence-corrected chi connectivity index (χ1v) is 12.5. The number of ether oxygens (including phenoxy) is 2. The van der Waals surface area contributed by atoms with E-state index >= 15 is 0 Å². The normalized spacial score (nSPS) is 17.5.